The number of hydrogen-bond acceptors (Lipinski definition) is 12. The number of nitrogens with zero attached hydrogens (tertiary/aromatic N) is 1. The van der Waals surface area contributed by atoms with Crippen LogP contribution < -0.4 is 27.0 Å². The molecule has 55 heavy (non-hydrogen) atoms. The fraction of sp³-hybridized carbons (Fsp3) is 0.737. The van der Waals surface area contributed by atoms with Crippen LogP contribution in [0.15, 0.2) is 12.1 Å². The summed E-state index contributed by atoms with van der Waals surface area (Å²) in [4.78, 5) is 65.0. The summed E-state index contributed by atoms with van der Waals surface area (Å²) >= 11 is 0. The summed E-state index contributed by atoms with van der Waals surface area (Å²) in [6, 6.07) is 1.92. The van der Waals surface area contributed by atoms with Crippen molar-refractivity contribution in [3.05, 3.63) is 27.8 Å². The van der Waals surface area contributed by atoms with Crippen molar-refractivity contribution in [3.63, 3.8) is 0 Å². The molecular weight excluding hydrogens is 716 g/mol. The van der Waals surface area contributed by atoms with Crippen LogP contribution in [0.5, 0.6) is 11.5 Å². The van der Waals surface area contributed by atoms with E-state index in [0.29, 0.717) is 45.9 Å². The molecule has 0 aliphatic carbocycles. The molecule has 0 spiro atoms. The fourth-order valence-corrected chi connectivity index (χ4v) is 6.03. The van der Waals surface area contributed by atoms with Gasteiger partial charge in [-0.2, -0.15) is 0 Å². The second kappa shape index (κ2) is 29.3. The first kappa shape index (κ1) is 49.0. The van der Waals surface area contributed by atoms with Gasteiger partial charge in [0.2, 0.25) is 23.6 Å². The van der Waals surface area contributed by atoms with Crippen LogP contribution in [0.25, 0.3) is 0 Å². The molecule has 17 heteroatoms. The van der Waals surface area contributed by atoms with Gasteiger partial charge >= 0.3 is 0 Å². The van der Waals surface area contributed by atoms with Crippen LogP contribution in [0, 0.1) is 33.8 Å². The molecule has 1 rings (SSSR count). The van der Waals surface area contributed by atoms with E-state index in [2.05, 4.69) is 21.3 Å². The molecule has 0 saturated carbocycles. The third kappa shape index (κ3) is 20.4. The molecule has 0 radical (unpaired) electrons. The standard InChI is InChI=1S/C38H66N6O11/c1-5-17-54-18-15-43-37(49)30(22-27(3)35(47)40-13-10-8-7-9-12-39)24-31(23-28(6-2)36(48)42-16-19-55-21-20-53-4)38(50)41-14-11-29-25-33(45)34(46)26-32(29)44(51)52/h25-28,30-31,45-46H,5-24,39H2,1-4H3,(H,40,47)(H,41,50)(H,42,48)(H,43,49). The summed E-state index contributed by atoms with van der Waals surface area (Å²) in [6.45, 7) is 8.96. The predicted octanol–water partition coefficient (Wildman–Crippen LogP) is 2.69. The molecular formula is C38H66N6O11. The summed E-state index contributed by atoms with van der Waals surface area (Å²) < 4.78 is 15.9. The number of methoxy groups -OCH3 is 1. The number of nitrogens with one attached hydrogen (secondary N) is 4. The molecule has 8 N–H and O–H groups in total. The van der Waals surface area contributed by atoms with Crippen molar-refractivity contribution in [2.45, 2.75) is 85.0 Å². The highest BCUT2D eigenvalue weighted by atomic mass is 16.6. The zero-order chi connectivity index (χ0) is 41.0. The number of nitro benzene ring substituents is 1. The molecule has 4 atom stereocenters. The highest BCUT2D eigenvalue weighted by molar-refractivity contribution is 5.84. The number of carbonyl (C=O) groups excluding carboxylic acids is 4. The number of carbonyl (C=O) groups is 4. The van der Waals surface area contributed by atoms with Crippen molar-refractivity contribution in [3.8, 4) is 11.5 Å². The maximum atomic E-state index is 13.9. The smallest absolute Gasteiger partial charge is 0.276 e. The maximum absolute atomic E-state index is 13.9. The number of nitro groups is 1. The van der Waals surface area contributed by atoms with E-state index in [1.54, 1.807) is 14.0 Å². The van der Waals surface area contributed by atoms with Crippen LogP contribution >= 0.6 is 0 Å². The van der Waals surface area contributed by atoms with Crippen molar-refractivity contribution in [2.75, 3.05) is 72.9 Å². The molecule has 0 fully saturated rings. The quantitative estimate of drug-likeness (QED) is 0.0241. The molecule has 0 aliphatic heterocycles. The number of ether oxygens (including phenoxy) is 3. The Labute approximate surface area is 325 Å². The van der Waals surface area contributed by atoms with E-state index < -0.39 is 51.7 Å². The summed E-state index contributed by atoms with van der Waals surface area (Å²) in [5.74, 6) is -5.29. The van der Waals surface area contributed by atoms with E-state index in [9.17, 15) is 39.5 Å². The molecule has 0 aliphatic rings. The second-order valence-electron chi connectivity index (χ2n) is 13.7. The highest BCUT2D eigenvalue weighted by Crippen LogP contribution is 2.33. The maximum Gasteiger partial charge on any atom is 0.276 e. The third-order valence-electron chi connectivity index (χ3n) is 9.20. The largest absolute Gasteiger partial charge is 0.504 e. The van der Waals surface area contributed by atoms with E-state index in [-0.39, 0.29) is 75.2 Å². The molecule has 0 heterocycles. The zero-order valence-electron chi connectivity index (χ0n) is 33.2. The predicted molar refractivity (Wildman–Crippen MR) is 207 cm³/mol. The molecule has 0 saturated heterocycles. The van der Waals surface area contributed by atoms with E-state index >= 15 is 0 Å². The monoisotopic (exact) mass is 782 g/mol. The number of phenolic OH excluding ortho intramolecular Hbond substituents is 2. The first-order valence-electron chi connectivity index (χ1n) is 19.5. The number of amides is 4. The molecule has 1 aromatic rings. The minimum atomic E-state index is -0.859. The Hall–Kier alpha value is -4.06. The third-order valence-corrected chi connectivity index (χ3v) is 9.20. The van der Waals surface area contributed by atoms with Gasteiger partial charge in [-0.15, -0.1) is 0 Å². The summed E-state index contributed by atoms with van der Waals surface area (Å²) in [7, 11) is 1.56. The van der Waals surface area contributed by atoms with Crippen molar-refractivity contribution < 1.29 is 48.5 Å². The Bertz CT molecular complexity index is 1300. The van der Waals surface area contributed by atoms with Crippen LogP contribution in [-0.2, 0) is 39.8 Å². The van der Waals surface area contributed by atoms with Gasteiger partial charge in [0.25, 0.3) is 5.69 Å². The second-order valence-corrected chi connectivity index (χ2v) is 13.7. The number of benzene rings is 1. The summed E-state index contributed by atoms with van der Waals surface area (Å²) in [5, 5.41) is 42.8. The van der Waals surface area contributed by atoms with E-state index in [1.807, 2.05) is 13.8 Å². The van der Waals surface area contributed by atoms with Gasteiger partial charge < -0.3 is 51.4 Å². The number of aromatic hydroxyl groups is 2. The number of phenols is 2. The molecule has 17 nitrogen and oxygen atoms in total. The Balaban J connectivity index is 3.25. The van der Waals surface area contributed by atoms with Gasteiger partial charge in [0.15, 0.2) is 11.5 Å². The van der Waals surface area contributed by atoms with Crippen molar-refractivity contribution in [1.29, 1.82) is 0 Å². The van der Waals surface area contributed by atoms with Crippen molar-refractivity contribution in [2.24, 2.45) is 29.4 Å². The van der Waals surface area contributed by atoms with Gasteiger partial charge in [0.05, 0.1) is 37.4 Å². The lowest BCUT2D eigenvalue weighted by Gasteiger charge is -2.27. The lowest BCUT2D eigenvalue weighted by molar-refractivity contribution is -0.385. The van der Waals surface area contributed by atoms with Gasteiger partial charge in [-0.1, -0.05) is 33.6 Å². The summed E-state index contributed by atoms with van der Waals surface area (Å²) in [6.07, 6.45) is 5.05. The van der Waals surface area contributed by atoms with Crippen molar-refractivity contribution in [1.82, 2.24) is 21.3 Å². The van der Waals surface area contributed by atoms with Gasteiger partial charge in [-0.3, -0.25) is 29.3 Å². The molecule has 4 unspecified atom stereocenters. The topological polar surface area (TPSA) is 254 Å². The molecule has 1 aromatic carbocycles. The fourth-order valence-electron chi connectivity index (χ4n) is 6.03. The van der Waals surface area contributed by atoms with Crippen LogP contribution in [0.4, 0.5) is 5.69 Å². The van der Waals surface area contributed by atoms with Crippen LogP contribution in [-0.4, -0.2) is 112 Å². The van der Waals surface area contributed by atoms with E-state index in [1.165, 1.54) is 0 Å². The highest BCUT2D eigenvalue weighted by Gasteiger charge is 2.33. The lowest BCUT2D eigenvalue weighted by atomic mass is 9.81. The zero-order valence-corrected chi connectivity index (χ0v) is 33.2. The molecule has 0 aromatic heterocycles. The van der Waals surface area contributed by atoms with Crippen molar-refractivity contribution >= 4 is 29.3 Å². The van der Waals surface area contributed by atoms with Gasteiger partial charge in [-0.05, 0) is 64.0 Å². The van der Waals surface area contributed by atoms with Crippen LogP contribution in [0.3, 0.4) is 0 Å². The number of rotatable bonds is 32. The van der Waals surface area contributed by atoms with Gasteiger partial charge in [0, 0.05) is 69.1 Å². The van der Waals surface area contributed by atoms with E-state index in [0.717, 1.165) is 44.2 Å². The van der Waals surface area contributed by atoms with Gasteiger partial charge in [0.1, 0.15) is 0 Å². The SMILES string of the molecule is CCCOCCNC(=O)C(CC(C)C(=O)NCCCCCCN)CC(CC(CC)C(=O)NCCOCCOC)C(=O)NCCc1cc(O)c(O)cc1[N+](=O)[O-]. The minimum Gasteiger partial charge on any atom is -0.504 e. The van der Waals surface area contributed by atoms with E-state index in [4.69, 9.17) is 19.9 Å². The molecule has 4 amide bonds. The average Bonchev–Trinajstić information content (AvgIpc) is 3.16. The van der Waals surface area contributed by atoms with Crippen LogP contribution in [0.2, 0.25) is 0 Å². The van der Waals surface area contributed by atoms with Gasteiger partial charge in [-0.25, -0.2) is 0 Å². The Kier molecular flexibility index (Phi) is 26.0. The summed E-state index contributed by atoms with van der Waals surface area (Å²) in [5.41, 5.74) is 5.24. The Morgan fingerprint density at radius 2 is 1.27 bits per heavy atom. The molecule has 0 bridgehead atoms. The average molecular weight is 783 g/mol. The number of hydrogen-bond donors (Lipinski definition) is 7. The molecule has 314 valence electrons. The number of unbranched alkanes of at least 4 members (excludes halogenated alkanes) is 3. The normalized spacial score (nSPS) is 13.3. The Morgan fingerprint density at radius 3 is 1.87 bits per heavy atom. The van der Waals surface area contributed by atoms with Crippen LogP contribution in [0.1, 0.15) is 84.1 Å². The number of nitrogens with two attached hydrogens (primary N) is 1. The Morgan fingerprint density at radius 1 is 0.727 bits per heavy atom. The first-order valence-corrected chi connectivity index (χ1v) is 19.5. The lowest BCUT2D eigenvalue weighted by Crippen LogP contribution is -2.42. The first-order chi connectivity index (χ1) is 26.4. The minimum absolute atomic E-state index is 0.0221.